The van der Waals surface area contributed by atoms with E-state index >= 15 is 0 Å². The number of aliphatic hydroxyl groups is 2. The van der Waals surface area contributed by atoms with Crippen molar-refractivity contribution in [2.75, 3.05) is 26.7 Å². The van der Waals surface area contributed by atoms with E-state index in [9.17, 15) is 19.8 Å². The monoisotopic (exact) mass is 1000 g/mol. The molecule has 0 unspecified atom stereocenters. The molecule has 5 heterocycles. The van der Waals surface area contributed by atoms with Crippen LogP contribution < -0.4 is 18.9 Å². The van der Waals surface area contributed by atoms with E-state index < -0.39 is 36.2 Å². The van der Waals surface area contributed by atoms with Crippen molar-refractivity contribution in [2.24, 2.45) is 0 Å². The van der Waals surface area contributed by atoms with Crippen molar-refractivity contribution in [2.45, 2.75) is 175 Å². The smallest absolute Gasteiger partial charge is 0.231 e. The zero-order chi connectivity index (χ0) is 54.3. The fourth-order valence-corrected chi connectivity index (χ4v) is 10.4. The number of ether oxygens (including phenoxy) is 6. The minimum atomic E-state index is -2.19. The lowest BCUT2D eigenvalue weighted by atomic mass is 9.87. The van der Waals surface area contributed by atoms with Crippen LogP contribution in [0.15, 0.2) is 84.9 Å². The van der Waals surface area contributed by atoms with Crippen LogP contribution in [-0.2, 0) is 66.7 Å². The van der Waals surface area contributed by atoms with Gasteiger partial charge in [0.1, 0.15) is 23.2 Å². The quantitative estimate of drug-likeness (QED) is 0.115. The summed E-state index contributed by atoms with van der Waals surface area (Å²) in [4.78, 5) is 27.1. The molecule has 5 aliphatic rings. The molecule has 0 spiro atoms. The molecule has 0 amide bonds. The fraction of sp³-hybridized carbons (Fsp3) is 0.508. The van der Waals surface area contributed by atoms with Crippen molar-refractivity contribution in [3.63, 3.8) is 0 Å². The average Bonchev–Trinajstić information content (AvgIpc) is 4.18. The number of carbonyl (C=O) groups excluding carboxylic acids is 2. The Balaban J connectivity index is 0.000000212. The van der Waals surface area contributed by atoms with Gasteiger partial charge in [-0.2, -0.15) is 0 Å². The molecule has 0 bridgehead atoms. The van der Waals surface area contributed by atoms with Crippen LogP contribution in [-0.4, -0.2) is 75.6 Å². The van der Waals surface area contributed by atoms with Crippen molar-refractivity contribution in [3.8, 4) is 23.0 Å². The van der Waals surface area contributed by atoms with Crippen molar-refractivity contribution in [1.29, 1.82) is 0 Å². The van der Waals surface area contributed by atoms with E-state index in [0.29, 0.717) is 55.5 Å². The molecule has 2 N–H and O–H groups in total. The summed E-state index contributed by atoms with van der Waals surface area (Å²) in [6.45, 7) is 17.8. The second-order valence-electron chi connectivity index (χ2n) is 22.1. The minimum absolute atomic E-state index is 0. The summed E-state index contributed by atoms with van der Waals surface area (Å²) in [5.74, 6) is 1.13. The molecule has 11 rings (SSSR count). The number of hydrogen-bond acceptors (Lipinski definition) is 10. The van der Waals surface area contributed by atoms with Crippen LogP contribution in [0, 0.1) is 0 Å². The molecule has 2 aromatic heterocycles. The van der Waals surface area contributed by atoms with Crippen LogP contribution in [0.1, 0.15) is 149 Å². The van der Waals surface area contributed by atoms with Crippen LogP contribution in [0.4, 0.5) is 0 Å². The lowest BCUT2D eigenvalue weighted by Gasteiger charge is -2.24. The van der Waals surface area contributed by atoms with E-state index in [1.807, 2.05) is 58.0 Å². The first-order valence-electron chi connectivity index (χ1n) is 27.1. The summed E-state index contributed by atoms with van der Waals surface area (Å²) in [5.41, 5.74) is 6.66. The van der Waals surface area contributed by atoms with E-state index in [1.165, 1.54) is 5.69 Å². The van der Waals surface area contributed by atoms with Gasteiger partial charge in [0.05, 0.1) is 43.2 Å². The molecule has 2 aliphatic carbocycles. The Kier molecular flexibility index (Phi) is 14.2. The fourth-order valence-electron chi connectivity index (χ4n) is 10.4. The molecule has 6 aromatic rings. The highest BCUT2D eigenvalue weighted by Gasteiger charge is 2.52. The number of hydrogen-bond donors (Lipinski definition) is 2. The van der Waals surface area contributed by atoms with Crippen LogP contribution in [0.2, 0.25) is 0 Å². The number of carbonyl (C=O) groups is 2. The van der Waals surface area contributed by atoms with Crippen LogP contribution in [0.3, 0.4) is 0 Å². The van der Waals surface area contributed by atoms with Gasteiger partial charge in [0.15, 0.2) is 28.8 Å². The highest BCUT2D eigenvalue weighted by Crippen LogP contribution is 2.53. The highest BCUT2D eigenvalue weighted by molar-refractivity contribution is 5.96. The zero-order valence-electron chi connectivity index (χ0n) is 46.9. The molecule has 0 radical (unpaired) electrons. The van der Waals surface area contributed by atoms with E-state index in [0.717, 1.165) is 75.4 Å². The van der Waals surface area contributed by atoms with Gasteiger partial charge in [-0.15, -0.1) is 0 Å². The summed E-state index contributed by atoms with van der Waals surface area (Å²) in [5, 5.41) is 21.6. The molecule has 4 aromatic carbocycles. The maximum Gasteiger partial charge on any atom is 0.231 e. The van der Waals surface area contributed by atoms with Gasteiger partial charge < -0.3 is 47.8 Å². The predicted octanol–water partition coefficient (Wildman–Crippen LogP) is 11.8. The summed E-state index contributed by atoms with van der Waals surface area (Å²) >= 11 is 0. The maximum absolute atomic E-state index is 13.6. The third kappa shape index (κ3) is 11.1. The molecule has 12 heteroatoms. The van der Waals surface area contributed by atoms with E-state index in [-0.39, 0.29) is 50.0 Å². The summed E-state index contributed by atoms with van der Waals surface area (Å²) in [6.07, 6.45) is 2.84. The average molecular weight is 1010 g/mol. The SMILES string of the molecule is C.C.CC.[2H]C1([2H])Oc2ccc(C3(C(=O)Cc4ccc5c(c4)cc(C(C)(C)C)n5C[C@@H](O)CO)CC3)cc2O1.[2H]C1([2H])Oc2ccc(C3(C(=O)Cc4ccc5c(c4)cc(C(C)(C)C)n5C[C@@H]4COC(C)(C)O4)CC3)cc2O1. The maximum atomic E-state index is 13.6. The van der Waals surface area contributed by atoms with Gasteiger partial charge in [0.25, 0.3) is 0 Å². The number of ketones is 2. The molecular weight excluding hydrogens is 921 g/mol. The van der Waals surface area contributed by atoms with Crippen LogP contribution in [0.5, 0.6) is 23.0 Å². The van der Waals surface area contributed by atoms with Crippen molar-refractivity contribution in [3.05, 3.63) is 119 Å². The molecular formula is C61H80N2O10. The normalized spacial score (nSPS) is 20.8. The molecule has 73 heavy (non-hydrogen) atoms. The van der Waals surface area contributed by atoms with Gasteiger partial charge in [-0.05, 0) is 122 Å². The summed E-state index contributed by atoms with van der Waals surface area (Å²) in [6, 6.07) is 27.2. The first kappa shape index (κ1) is 49.5. The Hall–Kier alpha value is -5.66. The number of benzene rings is 4. The third-order valence-corrected chi connectivity index (χ3v) is 14.4. The number of aromatic nitrogens is 2. The Morgan fingerprint density at radius 3 is 1.51 bits per heavy atom. The van der Waals surface area contributed by atoms with Crippen LogP contribution >= 0.6 is 0 Å². The first-order valence-corrected chi connectivity index (χ1v) is 25.1. The Morgan fingerprint density at radius 2 is 1.10 bits per heavy atom. The van der Waals surface area contributed by atoms with E-state index in [1.54, 1.807) is 24.3 Å². The molecule has 394 valence electrons. The van der Waals surface area contributed by atoms with E-state index in [2.05, 4.69) is 81.0 Å². The van der Waals surface area contributed by atoms with Gasteiger partial charge in [0, 0.05) is 56.9 Å². The molecule has 3 aliphatic heterocycles. The number of aliphatic hydroxyl groups excluding tert-OH is 2. The standard InChI is InChI=1S/C30H35NO5.C27H31NO5.C2H6.2CH4/c1-28(2,3)26-14-20-12-19(6-8-23(20)31(26)16-22-17-35-29(4,5)36-22)13-27(32)30(10-11-30)21-7-9-24-25(15-21)34-18-33-24;1-26(2,3)24-12-18-10-17(4-6-21(18)28(24)14-20(30)15-29)11-25(31)27(8-9-27)19-5-7-22-23(13-19)33-16-32-22;1-2;;/h6-9,12,14-15,22H,10-11,13,16-18H2,1-5H3;4-7,10,12-13,20,29-30H,8-9,11,14-16H2,1-3H3;1-2H3;2*1H4/t22-;20-;;;/m11.../s1/i18D2;16D2;;;. The topological polar surface area (TPSA) is 140 Å². The number of Topliss-reactive ketones (excluding diaryl/α,β-unsaturated/α-hetero) is 2. The van der Waals surface area contributed by atoms with Gasteiger partial charge in [-0.1, -0.05) is 94.5 Å². The molecule has 3 fully saturated rings. The second-order valence-corrected chi connectivity index (χ2v) is 22.1. The third-order valence-electron chi connectivity index (χ3n) is 14.4. The minimum Gasteiger partial charge on any atom is -0.454 e. The lowest BCUT2D eigenvalue weighted by Crippen LogP contribution is -2.26. The Morgan fingerprint density at radius 1 is 0.658 bits per heavy atom. The molecule has 12 nitrogen and oxygen atoms in total. The van der Waals surface area contributed by atoms with Gasteiger partial charge in [0.2, 0.25) is 13.5 Å². The lowest BCUT2D eigenvalue weighted by molar-refractivity contribution is -0.139. The summed E-state index contributed by atoms with van der Waals surface area (Å²) < 4.78 is 67.8. The van der Waals surface area contributed by atoms with Crippen molar-refractivity contribution >= 4 is 33.4 Å². The van der Waals surface area contributed by atoms with Gasteiger partial charge >= 0.3 is 0 Å². The van der Waals surface area contributed by atoms with Gasteiger partial charge in [-0.25, -0.2) is 0 Å². The Labute approximate surface area is 438 Å². The van der Waals surface area contributed by atoms with Crippen molar-refractivity contribution < 1.29 is 53.7 Å². The van der Waals surface area contributed by atoms with Gasteiger partial charge in [-0.3, -0.25) is 9.59 Å². The molecule has 1 saturated heterocycles. The first-order chi connectivity index (χ1) is 35.2. The largest absolute Gasteiger partial charge is 0.454 e. The predicted molar refractivity (Wildman–Crippen MR) is 288 cm³/mol. The Bertz CT molecular complexity index is 3150. The van der Waals surface area contributed by atoms with Crippen molar-refractivity contribution in [1.82, 2.24) is 9.13 Å². The number of fused-ring (bicyclic) bond motifs is 4. The molecule has 2 saturated carbocycles. The zero-order valence-corrected chi connectivity index (χ0v) is 42.9. The number of rotatable bonds is 13. The highest BCUT2D eigenvalue weighted by atomic mass is 16.7. The second kappa shape index (κ2) is 20.9. The van der Waals surface area contributed by atoms with Crippen LogP contribution in [0.25, 0.3) is 21.8 Å². The van der Waals surface area contributed by atoms with E-state index in [4.69, 9.17) is 33.9 Å². The molecule has 2 atom stereocenters. The number of nitrogens with zero attached hydrogens (tertiary/aromatic N) is 2. The summed E-state index contributed by atoms with van der Waals surface area (Å²) in [7, 11) is 0.